The molecule has 74 valence electrons. The number of imidazole rings is 1. The van der Waals surface area contributed by atoms with Crippen LogP contribution in [0.3, 0.4) is 0 Å². The number of aryl methyl sites for hydroxylation is 1. The molecule has 0 amide bonds. The Bertz CT molecular complexity index is 418. The van der Waals surface area contributed by atoms with Gasteiger partial charge in [-0.3, -0.25) is 0 Å². The van der Waals surface area contributed by atoms with Gasteiger partial charge in [-0.1, -0.05) is 0 Å². The standard InChI is InChI=1S/C9H12N4S/c1-6-12-8(5-14-6)7-4-11-9(13-7)2-3-10/h4-5H,2-3,10H2,1H3,(H,11,13). The molecule has 0 unspecified atom stereocenters. The minimum absolute atomic E-state index is 0.614. The highest BCUT2D eigenvalue weighted by Gasteiger charge is 2.05. The Kier molecular flexibility index (Phi) is 2.60. The number of thiazole rings is 1. The van der Waals surface area contributed by atoms with Crippen LogP contribution in [0.4, 0.5) is 0 Å². The number of nitrogens with two attached hydrogens (primary N) is 1. The van der Waals surface area contributed by atoms with E-state index in [1.807, 2.05) is 12.3 Å². The summed E-state index contributed by atoms with van der Waals surface area (Å²) < 4.78 is 0. The quantitative estimate of drug-likeness (QED) is 0.800. The van der Waals surface area contributed by atoms with E-state index in [1.54, 1.807) is 17.5 Å². The zero-order valence-corrected chi connectivity index (χ0v) is 8.77. The van der Waals surface area contributed by atoms with Crippen LogP contribution in [0.2, 0.25) is 0 Å². The van der Waals surface area contributed by atoms with Gasteiger partial charge in [-0.15, -0.1) is 11.3 Å². The molecule has 0 spiro atoms. The Morgan fingerprint density at radius 1 is 1.57 bits per heavy atom. The van der Waals surface area contributed by atoms with Crippen molar-refractivity contribution >= 4 is 11.3 Å². The van der Waals surface area contributed by atoms with Gasteiger partial charge in [0.15, 0.2) is 0 Å². The molecule has 0 saturated heterocycles. The number of aromatic amines is 1. The van der Waals surface area contributed by atoms with Crippen molar-refractivity contribution in [3.8, 4) is 11.4 Å². The van der Waals surface area contributed by atoms with Crippen LogP contribution in [-0.4, -0.2) is 21.5 Å². The van der Waals surface area contributed by atoms with Crippen LogP contribution in [0.15, 0.2) is 11.6 Å². The predicted octanol–water partition coefficient (Wildman–Crippen LogP) is 1.34. The summed E-state index contributed by atoms with van der Waals surface area (Å²) in [5.41, 5.74) is 7.37. The molecule has 0 fully saturated rings. The Labute approximate surface area is 86.2 Å². The SMILES string of the molecule is Cc1nc(-c2cnc(CCN)[nH]2)cs1. The zero-order valence-electron chi connectivity index (χ0n) is 7.95. The molecule has 14 heavy (non-hydrogen) atoms. The van der Waals surface area contributed by atoms with Gasteiger partial charge in [-0.05, 0) is 13.5 Å². The maximum Gasteiger partial charge on any atom is 0.107 e. The van der Waals surface area contributed by atoms with Crippen molar-refractivity contribution < 1.29 is 0 Å². The lowest BCUT2D eigenvalue weighted by atomic mass is 10.4. The molecular formula is C9H12N4S. The van der Waals surface area contributed by atoms with Crippen LogP contribution in [-0.2, 0) is 6.42 Å². The van der Waals surface area contributed by atoms with E-state index >= 15 is 0 Å². The van der Waals surface area contributed by atoms with Crippen molar-refractivity contribution in [1.82, 2.24) is 15.0 Å². The first-order valence-corrected chi connectivity index (χ1v) is 5.34. The molecule has 0 aliphatic heterocycles. The molecule has 0 atom stereocenters. The molecule has 2 heterocycles. The first-order chi connectivity index (χ1) is 6.79. The summed E-state index contributed by atoms with van der Waals surface area (Å²) in [7, 11) is 0. The lowest BCUT2D eigenvalue weighted by Gasteiger charge is -1.90. The number of hydrogen-bond donors (Lipinski definition) is 2. The van der Waals surface area contributed by atoms with E-state index < -0.39 is 0 Å². The largest absolute Gasteiger partial charge is 0.341 e. The summed E-state index contributed by atoms with van der Waals surface area (Å²) >= 11 is 1.64. The molecule has 0 aromatic carbocycles. The van der Waals surface area contributed by atoms with Crippen LogP contribution >= 0.6 is 11.3 Å². The Balaban J connectivity index is 2.24. The monoisotopic (exact) mass is 208 g/mol. The molecule has 0 aliphatic carbocycles. The molecule has 2 aromatic heterocycles. The van der Waals surface area contributed by atoms with E-state index in [1.165, 1.54) is 0 Å². The molecule has 0 radical (unpaired) electrons. The molecule has 2 aromatic rings. The average molecular weight is 208 g/mol. The first kappa shape index (κ1) is 9.36. The summed E-state index contributed by atoms with van der Waals surface area (Å²) in [6.45, 7) is 2.61. The summed E-state index contributed by atoms with van der Waals surface area (Å²) in [6, 6.07) is 0. The van der Waals surface area contributed by atoms with Gasteiger partial charge in [0.2, 0.25) is 0 Å². The Morgan fingerprint density at radius 3 is 3.07 bits per heavy atom. The van der Waals surface area contributed by atoms with Gasteiger partial charge < -0.3 is 10.7 Å². The maximum atomic E-state index is 5.44. The van der Waals surface area contributed by atoms with Gasteiger partial charge in [0.25, 0.3) is 0 Å². The van der Waals surface area contributed by atoms with Crippen LogP contribution in [0.5, 0.6) is 0 Å². The molecule has 2 rings (SSSR count). The van der Waals surface area contributed by atoms with Crippen LogP contribution in [0.1, 0.15) is 10.8 Å². The summed E-state index contributed by atoms with van der Waals surface area (Å²) in [6.07, 6.45) is 2.59. The Morgan fingerprint density at radius 2 is 2.43 bits per heavy atom. The number of nitrogens with one attached hydrogen (secondary N) is 1. The van der Waals surface area contributed by atoms with E-state index in [0.717, 1.165) is 28.6 Å². The average Bonchev–Trinajstić information content (AvgIpc) is 2.74. The van der Waals surface area contributed by atoms with E-state index in [9.17, 15) is 0 Å². The smallest absolute Gasteiger partial charge is 0.107 e. The summed E-state index contributed by atoms with van der Waals surface area (Å²) in [5, 5.41) is 3.09. The number of rotatable bonds is 3. The third kappa shape index (κ3) is 1.83. The fourth-order valence-corrected chi connectivity index (χ4v) is 1.86. The van der Waals surface area contributed by atoms with E-state index in [0.29, 0.717) is 6.54 Å². The predicted molar refractivity (Wildman–Crippen MR) is 57.2 cm³/mol. The third-order valence-corrected chi connectivity index (χ3v) is 2.68. The van der Waals surface area contributed by atoms with Crippen LogP contribution < -0.4 is 5.73 Å². The van der Waals surface area contributed by atoms with Gasteiger partial charge in [0.1, 0.15) is 5.82 Å². The summed E-state index contributed by atoms with van der Waals surface area (Å²) in [5.74, 6) is 0.924. The van der Waals surface area contributed by atoms with Crippen molar-refractivity contribution in [3.63, 3.8) is 0 Å². The van der Waals surface area contributed by atoms with Gasteiger partial charge in [-0.2, -0.15) is 0 Å². The number of aromatic nitrogens is 3. The van der Waals surface area contributed by atoms with Gasteiger partial charge >= 0.3 is 0 Å². The van der Waals surface area contributed by atoms with Crippen molar-refractivity contribution in [2.75, 3.05) is 6.54 Å². The Hall–Kier alpha value is -1.20. The normalized spacial score (nSPS) is 10.7. The number of nitrogens with zero attached hydrogens (tertiary/aromatic N) is 2. The lowest BCUT2D eigenvalue weighted by Crippen LogP contribution is -2.03. The van der Waals surface area contributed by atoms with Gasteiger partial charge in [0.05, 0.1) is 22.6 Å². The van der Waals surface area contributed by atoms with E-state index in [4.69, 9.17) is 5.73 Å². The number of H-pyrrole nitrogens is 1. The van der Waals surface area contributed by atoms with Crippen LogP contribution in [0.25, 0.3) is 11.4 Å². The third-order valence-electron chi connectivity index (χ3n) is 1.90. The molecule has 3 N–H and O–H groups in total. The van der Waals surface area contributed by atoms with Crippen molar-refractivity contribution in [1.29, 1.82) is 0 Å². The highest BCUT2D eigenvalue weighted by atomic mass is 32.1. The van der Waals surface area contributed by atoms with Crippen molar-refractivity contribution in [3.05, 3.63) is 22.4 Å². The second-order valence-corrected chi connectivity index (χ2v) is 4.10. The molecule has 0 aliphatic rings. The summed E-state index contributed by atoms with van der Waals surface area (Å²) in [4.78, 5) is 11.8. The van der Waals surface area contributed by atoms with Crippen molar-refractivity contribution in [2.45, 2.75) is 13.3 Å². The molecule has 4 nitrogen and oxygen atoms in total. The van der Waals surface area contributed by atoms with E-state index in [2.05, 4.69) is 15.0 Å². The lowest BCUT2D eigenvalue weighted by molar-refractivity contribution is 0.894. The molecule has 0 saturated carbocycles. The fraction of sp³-hybridized carbons (Fsp3) is 0.333. The zero-order chi connectivity index (χ0) is 9.97. The highest BCUT2D eigenvalue weighted by molar-refractivity contribution is 7.09. The fourth-order valence-electron chi connectivity index (χ4n) is 1.24. The second kappa shape index (κ2) is 3.89. The van der Waals surface area contributed by atoms with E-state index in [-0.39, 0.29) is 0 Å². The first-order valence-electron chi connectivity index (χ1n) is 4.46. The minimum Gasteiger partial charge on any atom is -0.341 e. The molecular weight excluding hydrogens is 196 g/mol. The number of hydrogen-bond acceptors (Lipinski definition) is 4. The minimum atomic E-state index is 0.614. The van der Waals surface area contributed by atoms with Crippen molar-refractivity contribution in [2.24, 2.45) is 5.73 Å². The maximum absolute atomic E-state index is 5.44. The highest BCUT2D eigenvalue weighted by Crippen LogP contribution is 2.19. The molecule has 5 heteroatoms. The topological polar surface area (TPSA) is 67.6 Å². The van der Waals surface area contributed by atoms with Crippen LogP contribution in [0, 0.1) is 6.92 Å². The van der Waals surface area contributed by atoms with Gasteiger partial charge in [0, 0.05) is 11.8 Å². The molecule has 0 bridgehead atoms. The van der Waals surface area contributed by atoms with Gasteiger partial charge in [-0.25, -0.2) is 9.97 Å². The second-order valence-electron chi connectivity index (χ2n) is 3.03.